The van der Waals surface area contributed by atoms with E-state index in [0.29, 0.717) is 6.04 Å². The summed E-state index contributed by atoms with van der Waals surface area (Å²) in [5, 5.41) is 3.66. The van der Waals surface area contributed by atoms with Gasteiger partial charge in [0.1, 0.15) is 0 Å². The van der Waals surface area contributed by atoms with E-state index in [0.717, 1.165) is 13.1 Å². The summed E-state index contributed by atoms with van der Waals surface area (Å²) in [5.41, 5.74) is 1.40. The molecule has 1 fully saturated rings. The molecule has 0 bridgehead atoms. The monoisotopic (exact) mass is 221 g/mol. The number of likely N-dealkylation sites (tertiary alicyclic amines) is 1. The molecule has 0 aromatic carbocycles. The molecule has 2 rings (SSSR count). The highest BCUT2D eigenvalue weighted by Crippen LogP contribution is 2.09. The summed E-state index contributed by atoms with van der Waals surface area (Å²) in [6.07, 6.45) is 6.96. The summed E-state index contributed by atoms with van der Waals surface area (Å²) in [6.45, 7) is 6.71. The Hall–Kier alpha value is -0.800. The molecule has 1 saturated heterocycles. The second-order valence-corrected chi connectivity index (χ2v) is 4.81. The molecular formula is C13H23N3. The van der Waals surface area contributed by atoms with Gasteiger partial charge in [-0.15, -0.1) is 0 Å². The van der Waals surface area contributed by atoms with E-state index in [4.69, 9.17) is 0 Å². The fourth-order valence-corrected chi connectivity index (χ4v) is 2.27. The number of hydrogen-bond acceptors (Lipinski definition) is 2. The maximum atomic E-state index is 3.66. The maximum absolute atomic E-state index is 3.66. The van der Waals surface area contributed by atoms with Gasteiger partial charge in [-0.3, -0.25) is 0 Å². The lowest BCUT2D eigenvalue weighted by molar-refractivity contribution is 0.234. The number of piperidine rings is 1. The second kappa shape index (κ2) is 5.51. The minimum atomic E-state index is 0.709. The minimum absolute atomic E-state index is 0.709. The molecule has 2 heterocycles. The van der Waals surface area contributed by atoms with Crippen LogP contribution < -0.4 is 5.32 Å². The van der Waals surface area contributed by atoms with Crippen molar-refractivity contribution in [2.75, 3.05) is 20.1 Å². The van der Waals surface area contributed by atoms with Crippen LogP contribution in [0.25, 0.3) is 0 Å². The molecule has 1 aliphatic rings. The number of aromatic nitrogens is 1. The van der Waals surface area contributed by atoms with Crippen LogP contribution in [0.3, 0.4) is 0 Å². The number of nitrogens with one attached hydrogen (secondary N) is 1. The van der Waals surface area contributed by atoms with Crippen LogP contribution in [0.2, 0.25) is 0 Å². The van der Waals surface area contributed by atoms with Gasteiger partial charge in [0.05, 0.1) is 0 Å². The van der Waals surface area contributed by atoms with E-state index in [1.54, 1.807) is 0 Å². The number of rotatable bonds is 4. The SMILES string of the molecule is CCn1ccc(CNC2CCN(C)CC2)c1. The Morgan fingerprint density at radius 2 is 2.12 bits per heavy atom. The fourth-order valence-electron chi connectivity index (χ4n) is 2.27. The molecule has 0 saturated carbocycles. The van der Waals surface area contributed by atoms with Crippen molar-refractivity contribution in [3.05, 3.63) is 24.0 Å². The lowest BCUT2D eigenvalue weighted by Crippen LogP contribution is -2.40. The molecule has 0 unspecified atom stereocenters. The summed E-state index contributed by atoms with van der Waals surface area (Å²) in [4.78, 5) is 2.41. The fraction of sp³-hybridized carbons (Fsp3) is 0.692. The van der Waals surface area contributed by atoms with E-state index < -0.39 is 0 Å². The maximum Gasteiger partial charge on any atom is 0.0223 e. The molecule has 0 amide bonds. The minimum Gasteiger partial charge on any atom is -0.354 e. The standard InChI is InChI=1S/C13H23N3/c1-3-16-9-4-12(11-16)10-14-13-5-7-15(2)8-6-13/h4,9,11,13-14H,3,5-8,10H2,1-2H3. The Balaban J connectivity index is 1.74. The summed E-state index contributed by atoms with van der Waals surface area (Å²) >= 11 is 0. The average molecular weight is 221 g/mol. The van der Waals surface area contributed by atoms with E-state index in [2.05, 4.69) is 47.2 Å². The first kappa shape index (κ1) is 11.7. The Morgan fingerprint density at radius 1 is 1.38 bits per heavy atom. The Labute approximate surface area is 98.4 Å². The van der Waals surface area contributed by atoms with Crippen LogP contribution in [-0.4, -0.2) is 35.6 Å². The average Bonchev–Trinajstić information content (AvgIpc) is 2.76. The van der Waals surface area contributed by atoms with Gasteiger partial charge in [-0.25, -0.2) is 0 Å². The predicted molar refractivity (Wildman–Crippen MR) is 67.5 cm³/mol. The first-order valence-corrected chi connectivity index (χ1v) is 6.34. The van der Waals surface area contributed by atoms with Gasteiger partial charge >= 0.3 is 0 Å². The van der Waals surface area contributed by atoms with Gasteiger partial charge in [0.15, 0.2) is 0 Å². The summed E-state index contributed by atoms with van der Waals surface area (Å²) in [7, 11) is 2.21. The zero-order valence-corrected chi connectivity index (χ0v) is 10.4. The number of aryl methyl sites for hydroxylation is 1. The predicted octanol–water partition coefficient (Wildman–Crippen LogP) is 1.69. The topological polar surface area (TPSA) is 20.2 Å². The molecule has 1 aromatic rings. The molecular weight excluding hydrogens is 198 g/mol. The van der Waals surface area contributed by atoms with Crippen LogP contribution in [-0.2, 0) is 13.1 Å². The molecule has 3 nitrogen and oxygen atoms in total. The molecule has 1 aromatic heterocycles. The molecule has 1 N–H and O–H groups in total. The largest absolute Gasteiger partial charge is 0.354 e. The molecule has 0 spiro atoms. The van der Waals surface area contributed by atoms with E-state index in [-0.39, 0.29) is 0 Å². The van der Waals surface area contributed by atoms with E-state index >= 15 is 0 Å². The lowest BCUT2D eigenvalue weighted by atomic mass is 10.1. The highest BCUT2D eigenvalue weighted by Gasteiger charge is 2.15. The smallest absolute Gasteiger partial charge is 0.0223 e. The van der Waals surface area contributed by atoms with Crippen molar-refractivity contribution < 1.29 is 0 Å². The first-order valence-electron chi connectivity index (χ1n) is 6.34. The van der Waals surface area contributed by atoms with E-state index in [9.17, 15) is 0 Å². The van der Waals surface area contributed by atoms with Crippen molar-refractivity contribution in [2.24, 2.45) is 0 Å². The van der Waals surface area contributed by atoms with Crippen molar-refractivity contribution >= 4 is 0 Å². The summed E-state index contributed by atoms with van der Waals surface area (Å²) in [5.74, 6) is 0. The van der Waals surface area contributed by atoms with Crippen LogP contribution in [0.1, 0.15) is 25.3 Å². The molecule has 0 radical (unpaired) electrons. The van der Waals surface area contributed by atoms with Gasteiger partial charge in [0.2, 0.25) is 0 Å². The van der Waals surface area contributed by atoms with Gasteiger partial charge in [0.25, 0.3) is 0 Å². The highest BCUT2D eigenvalue weighted by molar-refractivity contribution is 5.10. The van der Waals surface area contributed by atoms with Crippen molar-refractivity contribution in [3.63, 3.8) is 0 Å². The van der Waals surface area contributed by atoms with Crippen LogP contribution >= 0.6 is 0 Å². The Bertz CT molecular complexity index is 311. The molecule has 3 heteroatoms. The van der Waals surface area contributed by atoms with E-state index in [1.807, 2.05) is 0 Å². The van der Waals surface area contributed by atoms with Crippen molar-refractivity contribution in [3.8, 4) is 0 Å². The van der Waals surface area contributed by atoms with Crippen molar-refractivity contribution in [2.45, 2.75) is 38.9 Å². The number of nitrogens with zero attached hydrogens (tertiary/aromatic N) is 2. The highest BCUT2D eigenvalue weighted by atomic mass is 15.1. The van der Waals surface area contributed by atoms with Gasteiger partial charge in [-0.1, -0.05) is 0 Å². The van der Waals surface area contributed by atoms with Crippen LogP contribution in [0, 0.1) is 0 Å². The third-order valence-corrected chi connectivity index (χ3v) is 3.49. The molecule has 0 atom stereocenters. The second-order valence-electron chi connectivity index (χ2n) is 4.81. The van der Waals surface area contributed by atoms with Crippen molar-refractivity contribution in [1.82, 2.24) is 14.8 Å². The van der Waals surface area contributed by atoms with Crippen LogP contribution in [0.5, 0.6) is 0 Å². The molecule has 90 valence electrons. The molecule has 0 aliphatic carbocycles. The van der Waals surface area contributed by atoms with Crippen molar-refractivity contribution in [1.29, 1.82) is 0 Å². The van der Waals surface area contributed by atoms with Gasteiger partial charge in [-0.05, 0) is 51.5 Å². The Morgan fingerprint density at radius 3 is 2.75 bits per heavy atom. The first-order chi connectivity index (χ1) is 7.78. The summed E-state index contributed by atoms with van der Waals surface area (Å²) < 4.78 is 2.23. The zero-order valence-electron chi connectivity index (χ0n) is 10.4. The van der Waals surface area contributed by atoms with Gasteiger partial charge < -0.3 is 14.8 Å². The Kier molecular flexibility index (Phi) is 4.02. The lowest BCUT2D eigenvalue weighted by Gasteiger charge is -2.29. The zero-order chi connectivity index (χ0) is 11.4. The van der Waals surface area contributed by atoms with Crippen LogP contribution in [0.15, 0.2) is 18.5 Å². The normalized spacial score (nSPS) is 19.1. The summed E-state index contributed by atoms with van der Waals surface area (Å²) in [6, 6.07) is 2.92. The van der Waals surface area contributed by atoms with E-state index in [1.165, 1.54) is 31.5 Å². The third-order valence-electron chi connectivity index (χ3n) is 3.49. The molecule has 1 aliphatic heterocycles. The van der Waals surface area contributed by atoms with Gasteiger partial charge in [-0.2, -0.15) is 0 Å². The molecule has 16 heavy (non-hydrogen) atoms. The van der Waals surface area contributed by atoms with Crippen LogP contribution in [0.4, 0.5) is 0 Å². The third kappa shape index (κ3) is 3.09. The quantitative estimate of drug-likeness (QED) is 0.835. The van der Waals surface area contributed by atoms with Gasteiger partial charge in [0, 0.05) is 31.5 Å². The number of hydrogen-bond donors (Lipinski definition) is 1.